The number of aromatic nitrogens is 5. The highest BCUT2D eigenvalue weighted by Crippen LogP contribution is 2.09. The van der Waals surface area contributed by atoms with Crippen molar-refractivity contribution in [2.45, 2.75) is 19.5 Å². The summed E-state index contributed by atoms with van der Waals surface area (Å²) in [5.41, 5.74) is 1.70. The summed E-state index contributed by atoms with van der Waals surface area (Å²) in [6.07, 6.45) is 1.93. The van der Waals surface area contributed by atoms with Crippen LogP contribution in [0.2, 0.25) is 0 Å². The molecular weight excluding hydrogens is 218 g/mol. The van der Waals surface area contributed by atoms with Crippen molar-refractivity contribution in [2.75, 3.05) is 0 Å². The number of aryl methyl sites for hydroxylation is 1. The highest BCUT2D eigenvalue weighted by molar-refractivity contribution is 5.28. The molecule has 17 heavy (non-hydrogen) atoms. The highest BCUT2D eigenvalue weighted by Gasteiger charge is 2.10. The summed E-state index contributed by atoms with van der Waals surface area (Å²) in [4.78, 5) is 0. The fourth-order valence-electron chi connectivity index (χ4n) is 1.56. The zero-order chi connectivity index (χ0) is 12.3. The molecule has 0 aliphatic carbocycles. The molecule has 2 aromatic heterocycles. The van der Waals surface area contributed by atoms with E-state index in [2.05, 4.69) is 32.0 Å². The van der Waals surface area contributed by atoms with Gasteiger partial charge in [0.1, 0.15) is 11.8 Å². The van der Waals surface area contributed by atoms with Crippen LogP contribution in [0.3, 0.4) is 0 Å². The van der Waals surface area contributed by atoms with Gasteiger partial charge in [-0.2, -0.15) is 10.5 Å². The third-order valence-corrected chi connectivity index (χ3v) is 2.54. The van der Waals surface area contributed by atoms with Gasteiger partial charge in [-0.15, -0.1) is 10.2 Å². The Balaban J connectivity index is 1.96. The first kappa shape index (κ1) is 11.3. The predicted octanol–water partition coefficient (Wildman–Crippen LogP) is 0.261. The lowest BCUT2D eigenvalue weighted by atomic mass is 10.2. The first-order valence-corrected chi connectivity index (χ1v) is 5.22. The molecule has 2 heterocycles. The summed E-state index contributed by atoms with van der Waals surface area (Å²) in [5.74, 6) is 0.626. The van der Waals surface area contributed by atoms with Gasteiger partial charge in [0.05, 0.1) is 6.04 Å². The van der Waals surface area contributed by atoms with Gasteiger partial charge in [0.2, 0.25) is 0 Å². The van der Waals surface area contributed by atoms with Crippen LogP contribution < -0.4 is 5.32 Å². The maximum atomic E-state index is 8.84. The third kappa shape index (κ3) is 2.49. The molecule has 1 unspecified atom stereocenters. The largest absolute Gasteiger partial charge is 0.342 e. The number of aromatic amines is 1. The Bertz CT molecular complexity index is 519. The van der Waals surface area contributed by atoms with Crippen LogP contribution in [0.1, 0.15) is 30.0 Å². The summed E-state index contributed by atoms with van der Waals surface area (Å²) < 4.78 is 1.80. The average Bonchev–Trinajstić information content (AvgIpc) is 2.95. The third-order valence-electron chi connectivity index (χ3n) is 2.54. The van der Waals surface area contributed by atoms with Crippen LogP contribution in [0.4, 0.5) is 0 Å². The molecule has 0 spiro atoms. The number of nitrogens with zero attached hydrogens (tertiary/aromatic N) is 5. The molecule has 0 aliphatic rings. The van der Waals surface area contributed by atoms with E-state index in [0.29, 0.717) is 18.1 Å². The molecule has 0 radical (unpaired) electrons. The second-order valence-electron chi connectivity index (χ2n) is 3.83. The average molecular weight is 231 g/mol. The molecule has 0 aliphatic heterocycles. The van der Waals surface area contributed by atoms with Crippen molar-refractivity contribution >= 4 is 0 Å². The Morgan fingerprint density at radius 3 is 3.06 bits per heavy atom. The Labute approximate surface area is 98.4 Å². The minimum Gasteiger partial charge on any atom is -0.342 e. The molecule has 7 heteroatoms. The predicted molar refractivity (Wildman–Crippen MR) is 59.6 cm³/mol. The van der Waals surface area contributed by atoms with Crippen LogP contribution in [0.5, 0.6) is 0 Å². The van der Waals surface area contributed by atoms with Crippen LogP contribution in [-0.4, -0.2) is 25.2 Å². The molecule has 88 valence electrons. The maximum Gasteiger partial charge on any atom is 0.191 e. The van der Waals surface area contributed by atoms with Crippen molar-refractivity contribution in [1.29, 1.82) is 5.26 Å². The van der Waals surface area contributed by atoms with Crippen LogP contribution in [-0.2, 0) is 13.6 Å². The normalized spacial score (nSPS) is 12.3. The van der Waals surface area contributed by atoms with Gasteiger partial charge < -0.3 is 9.88 Å². The quantitative estimate of drug-likeness (QED) is 0.787. The first-order chi connectivity index (χ1) is 8.20. The summed E-state index contributed by atoms with van der Waals surface area (Å²) in [7, 11) is 1.85. The first-order valence-electron chi connectivity index (χ1n) is 5.22. The number of tetrazole rings is 1. The molecule has 2 N–H and O–H groups in total. The topological polar surface area (TPSA) is 95.2 Å². The molecule has 0 aromatic carbocycles. The fourth-order valence-corrected chi connectivity index (χ4v) is 1.56. The van der Waals surface area contributed by atoms with E-state index >= 15 is 0 Å². The monoisotopic (exact) mass is 231 g/mol. The number of H-pyrrole nitrogens is 1. The molecule has 2 aromatic rings. The summed E-state index contributed by atoms with van der Waals surface area (Å²) in [6.45, 7) is 2.62. The maximum absolute atomic E-state index is 8.84. The molecule has 1 atom stereocenters. The van der Waals surface area contributed by atoms with Gasteiger partial charge in [0, 0.05) is 19.8 Å². The number of hydrogen-bond acceptors (Lipinski definition) is 5. The van der Waals surface area contributed by atoms with Gasteiger partial charge >= 0.3 is 0 Å². The summed E-state index contributed by atoms with van der Waals surface area (Å²) >= 11 is 0. The van der Waals surface area contributed by atoms with E-state index in [1.807, 2.05) is 26.2 Å². The molecule has 7 nitrogen and oxygen atoms in total. The van der Waals surface area contributed by atoms with Crippen molar-refractivity contribution in [3.63, 3.8) is 0 Å². The van der Waals surface area contributed by atoms with Gasteiger partial charge in [-0.1, -0.05) is 5.21 Å². The molecule has 0 fully saturated rings. The van der Waals surface area contributed by atoms with Crippen molar-refractivity contribution in [3.05, 3.63) is 29.3 Å². The van der Waals surface area contributed by atoms with Crippen molar-refractivity contribution in [1.82, 2.24) is 30.5 Å². The van der Waals surface area contributed by atoms with Crippen LogP contribution in [0.25, 0.3) is 0 Å². The van der Waals surface area contributed by atoms with E-state index in [1.165, 1.54) is 0 Å². The van der Waals surface area contributed by atoms with E-state index in [4.69, 9.17) is 5.26 Å². The molecule has 2 rings (SSSR count). The second kappa shape index (κ2) is 4.76. The molecule has 0 saturated carbocycles. The van der Waals surface area contributed by atoms with Crippen LogP contribution in [0.15, 0.2) is 12.3 Å². The van der Waals surface area contributed by atoms with E-state index < -0.39 is 0 Å². The number of nitrogens with one attached hydrogen (secondary N) is 2. The van der Waals surface area contributed by atoms with Crippen molar-refractivity contribution in [2.24, 2.45) is 7.05 Å². The van der Waals surface area contributed by atoms with E-state index in [1.54, 1.807) is 4.57 Å². The van der Waals surface area contributed by atoms with Gasteiger partial charge in [0.25, 0.3) is 0 Å². The number of nitriles is 1. The molecule has 0 saturated heterocycles. The Hall–Kier alpha value is -2.20. The number of rotatable bonds is 4. The molecular formula is C10H13N7. The minimum atomic E-state index is 0.0134. The zero-order valence-electron chi connectivity index (χ0n) is 9.68. The van der Waals surface area contributed by atoms with Gasteiger partial charge in [-0.25, -0.2) is 0 Å². The lowest BCUT2D eigenvalue weighted by Crippen LogP contribution is -2.19. The SMILES string of the molecule is CC(NCc1cc(C#N)n(C)c1)c1nn[nH]n1. The summed E-state index contributed by atoms with van der Waals surface area (Å²) in [6, 6.07) is 4.00. The Morgan fingerprint density at radius 1 is 1.65 bits per heavy atom. The minimum absolute atomic E-state index is 0.0134. The lowest BCUT2D eigenvalue weighted by molar-refractivity contribution is 0.546. The molecule has 0 amide bonds. The van der Waals surface area contributed by atoms with Crippen LogP contribution >= 0.6 is 0 Å². The smallest absolute Gasteiger partial charge is 0.191 e. The zero-order valence-corrected chi connectivity index (χ0v) is 9.68. The standard InChI is InChI=1S/C10H13N7/c1-7(10-13-15-16-14-10)12-5-8-3-9(4-11)17(2)6-8/h3,6-7,12H,5H2,1-2H3,(H,13,14,15,16). The fraction of sp³-hybridized carbons (Fsp3) is 0.400. The number of hydrogen-bond donors (Lipinski definition) is 2. The second-order valence-corrected chi connectivity index (χ2v) is 3.83. The molecule has 0 bridgehead atoms. The van der Waals surface area contributed by atoms with Crippen molar-refractivity contribution < 1.29 is 0 Å². The van der Waals surface area contributed by atoms with Gasteiger partial charge in [-0.3, -0.25) is 0 Å². The van der Waals surface area contributed by atoms with Crippen molar-refractivity contribution in [3.8, 4) is 6.07 Å². The van der Waals surface area contributed by atoms with Crippen LogP contribution in [0, 0.1) is 11.3 Å². The van der Waals surface area contributed by atoms with Gasteiger partial charge in [0.15, 0.2) is 5.82 Å². The Morgan fingerprint density at radius 2 is 2.47 bits per heavy atom. The van der Waals surface area contributed by atoms with Gasteiger partial charge in [-0.05, 0) is 18.6 Å². The Kier molecular flexibility index (Phi) is 3.16. The lowest BCUT2D eigenvalue weighted by Gasteiger charge is -2.07. The highest BCUT2D eigenvalue weighted by atomic mass is 15.5. The summed E-state index contributed by atoms with van der Waals surface area (Å²) in [5, 5.41) is 25.8. The van der Waals surface area contributed by atoms with E-state index in [0.717, 1.165) is 5.56 Å². The van der Waals surface area contributed by atoms with E-state index in [-0.39, 0.29) is 6.04 Å². The van der Waals surface area contributed by atoms with E-state index in [9.17, 15) is 0 Å².